The van der Waals surface area contributed by atoms with Gasteiger partial charge in [0.15, 0.2) is 0 Å². The fourth-order valence-electron chi connectivity index (χ4n) is 4.13. The van der Waals surface area contributed by atoms with Crippen molar-refractivity contribution in [3.05, 3.63) is 59.4 Å². The molecule has 1 fully saturated rings. The van der Waals surface area contributed by atoms with Crippen molar-refractivity contribution < 1.29 is 4.79 Å². The Bertz CT molecular complexity index is 966. The molecule has 0 saturated carbocycles. The van der Waals surface area contributed by atoms with Gasteiger partial charge in [0.1, 0.15) is 5.82 Å². The van der Waals surface area contributed by atoms with Crippen molar-refractivity contribution >= 4 is 22.6 Å². The summed E-state index contributed by atoms with van der Waals surface area (Å²) in [4.78, 5) is 19.6. The lowest BCUT2D eigenvalue weighted by molar-refractivity contribution is -0.117. The lowest BCUT2D eigenvalue weighted by Crippen LogP contribution is -2.24. The van der Waals surface area contributed by atoms with Gasteiger partial charge in [-0.15, -0.1) is 0 Å². The molecule has 134 valence electrons. The van der Waals surface area contributed by atoms with Crippen LogP contribution < -0.4 is 4.90 Å². The molecule has 1 atom stereocenters. The molecule has 2 heterocycles. The summed E-state index contributed by atoms with van der Waals surface area (Å²) in [5.74, 6) is 1.34. The average Bonchev–Trinajstić information content (AvgIpc) is 3.14. The third kappa shape index (κ3) is 2.79. The fourth-order valence-corrected chi connectivity index (χ4v) is 4.13. The van der Waals surface area contributed by atoms with Crippen molar-refractivity contribution in [1.29, 1.82) is 0 Å². The van der Waals surface area contributed by atoms with Gasteiger partial charge < -0.3 is 9.47 Å². The highest BCUT2D eigenvalue weighted by Crippen LogP contribution is 2.35. The van der Waals surface area contributed by atoms with Gasteiger partial charge in [-0.1, -0.05) is 18.2 Å². The Kier molecular flexibility index (Phi) is 4.06. The highest BCUT2D eigenvalue weighted by molar-refractivity contribution is 5.96. The van der Waals surface area contributed by atoms with Crippen LogP contribution in [0, 0.1) is 13.8 Å². The number of aromatic nitrogens is 2. The average molecular weight is 347 g/mol. The van der Waals surface area contributed by atoms with Crippen LogP contribution in [0.5, 0.6) is 0 Å². The van der Waals surface area contributed by atoms with Crippen LogP contribution in [0.4, 0.5) is 5.69 Å². The number of benzene rings is 2. The molecule has 1 aliphatic rings. The van der Waals surface area contributed by atoms with Gasteiger partial charge in [0.2, 0.25) is 5.91 Å². The molecular weight excluding hydrogens is 322 g/mol. The molecule has 0 radical (unpaired) electrons. The number of anilines is 1. The normalized spacial score (nSPS) is 17.7. The molecule has 0 N–H and O–H groups in total. The Morgan fingerprint density at radius 2 is 1.77 bits per heavy atom. The van der Waals surface area contributed by atoms with Crippen LogP contribution >= 0.6 is 0 Å². The van der Waals surface area contributed by atoms with E-state index in [9.17, 15) is 4.79 Å². The van der Waals surface area contributed by atoms with E-state index >= 15 is 0 Å². The van der Waals surface area contributed by atoms with Gasteiger partial charge in [-0.05, 0) is 63.1 Å². The minimum absolute atomic E-state index is 0.123. The summed E-state index contributed by atoms with van der Waals surface area (Å²) < 4.78 is 2.29. The molecule has 2 aromatic carbocycles. The first-order valence-corrected chi connectivity index (χ1v) is 9.29. The molecule has 0 bridgehead atoms. The van der Waals surface area contributed by atoms with Crippen LogP contribution in [0.1, 0.15) is 49.2 Å². The number of imidazole rings is 1. The number of fused-ring (bicyclic) bond motifs is 1. The number of hydrogen-bond acceptors (Lipinski definition) is 2. The number of nitrogens with zero attached hydrogens (tertiary/aromatic N) is 3. The van der Waals surface area contributed by atoms with Crippen LogP contribution in [0.25, 0.3) is 11.0 Å². The van der Waals surface area contributed by atoms with Crippen LogP contribution in [0.15, 0.2) is 42.5 Å². The first kappa shape index (κ1) is 16.8. The molecule has 1 unspecified atom stereocenters. The Labute approximate surface area is 154 Å². The Balaban J connectivity index is 1.73. The van der Waals surface area contributed by atoms with Crippen molar-refractivity contribution in [3.8, 4) is 0 Å². The minimum Gasteiger partial charge on any atom is -0.325 e. The van der Waals surface area contributed by atoms with Gasteiger partial charge in [-0.2, -0.15) is 0 Å². The van der Waals surface area contributed by atoms with E-state index in [2.05, 4.69) is 62.6 Å². The highest BCUT2D eigenvalue weighted by atomic mass is 16.2. The van der Waals surface area contributed by atoms with Crippen LogP contribution in [0.3, 0.4) is 0 Å². The van der Waals surface area contributed by atoms with E-state index in [0.717, 1.165) is 22.5 Å². The number of hydrogen-bond donors (Lipinski definition) is 0. The van der Waals surface area contributed by atoms with Crippen molar-refractivity contribution in [2.24, 2.45) is 0 Å². The topological polar surface area (TPSA) is 38.1 Å². The van der Waals surface area contributed by atoms with Gasteiger partial charge in [-0.25, -0.2) is 4.98 Å². The van der Waals surface area contributed by atoms with Gasteiger partial charge in [0.05, 0.1) is 11.0 Å². The van der Waals surface area contributed by atoms with E-state index in [-0.39, 0.29) is 11.8 Å². The molecule has 26 heavy (non-hydrogen) atoms. The maximum Gasteiger partial charge on any atom is 0.227 e. The highest BCUT2D eigenvalue weighted by Gasteiger charge is 2.35. The maximum atomic E-state index is 12.8. The van der Waals surface area contributed by atoms with Crippen molar-refractivity contribution in [2.45, 2.75) is 46.1 Å². The first-order valence-electron chi connectivity index (χ1n) is 9.29. The molecule has 4 nitrogen and oxygen atoms in total. The second-order valence-electron chi connectivity index (χ2n) is 7.67. The van der Waals surface area contributed by atoms with E-state index in [1.54, 1.807) is 0 Å². The lowest BCUT2D eigenvalue weighted by Gasteiger charge is -2.19. The molecule has 1 aromatic heterocycles. The Morgan fingerprint density at radius 1 is 1.08 bits per heavy atom. The van der Waals surface area contributed by atoms with Crippen LogP contribution in [-0.4, -0.2) is 22.0 Å². The Hall–Kier alpha value is -2.62. The zero-order valence-electron chi connectivity index (χ0n) is 15.9. The molecular formula is C22H25N3O. The fraction of sp³-hybridized carbons (Fsp3) is 0.364. The molecule has 3 aromatic rings. The Morgan fingerprint density at radius 3 is 2.46 bits per heavy atom. The summed E-state index contributed by atoms with van der Waals surface area (Å²) in [7, 11) is 0. The van der Waals surface area contributed by atoms with Gasteiger partial charge >= 0.3 is 0 Å². The smallest absolute Gasteiger partial charge is 0.227 e. The number of rotatable bonds is 3. The summed E-state index contributed by atoms with van der Waals surface area (Å²) in [6, 6.07) is 14.9. The quantitative estimate of drug-likeness (QED) is 0.685. The van der Waals surface area contributed by atoms with E-state index < -0.39 is 0 Å². The molecule has 4 rings (SSSR count). The first-order chi connectivity index (χ1) is 12.4. The summed E-state index contributed by atoms with van der Waals surface area (Å²) in [6.07, 6.45) is 0.517. The van der Waals surface area contributed by atoms with E-state index in [1.165, 1.54) is 11.1 Å². The van der Waals surface area contributed by atoms with Gasteiger partial charge in [0, 0.05) is 30.6 Å². The van der Waals surface area contributed by atoms with E-state index in [4.69, 9.17) is 4.98 Å². The summed E-state index contributed by atoms with van der Waals surface area (Å²) in [5.41, 5.74) is 5.53. The number of aryl methyl sites for hydroxylation is 2. The summed E-state index contributed by atoms with van der Waals surface area (Å²) in [5, 5.41) is 0. The van der Waals surface area contributed by atoms with E-state index in [1.807, 2.05) is 17.0 Å². The SMILES string of the molecule is Cc1cc(C)cc(N2CC(c3nc4ccccc4n3C(C)C)CC2=O)c1. The van der Waals surface area contributed by atoms with Crippen molar-refractivity contribution in [3.63, 3.8) is 0 Å². The number of para-hydroxylation sites is 2. The van der Waals surface area contributed by atoms with Crippen LogP contribution in [-0.2, 0) is 4.79 Å². The molecule has 1 aliphatic heterocycles. The molecule has 1 amide bonds. The maximum absolute atomic E-state index is 12.8. The summed E-state index contributed by atoms with van der Waals surface area (Å²) in [6.45, 7) is 9.20. The van der Waals surface area contributed by atoms with Gasteiger partial charge in [0.25, 0.3) is 0 Å². The third-order valence-electron chi connectivity index (χ3n) is 5.15. The molecule has 0 spiro atoms. The predicted molar refractivity (Wildman–Crippen MR) is 106 cm³/mol. The van der Waals surface area contributed by atoms with Crippen molar-refractivity contribution in [2.75, 3.05) is 11.4 Å². The summed E-state index contributed by atoms with van der Waals surface area (Å²) >= 11 is 0. The zero-order valence-corrected chi connectivity index (χ0v) is 15.9. The third-order valence-corrected chi connectivity index (χ3v) is 5.15. The number of amides is 1. The molecule has 4 heteroatoms. The standard InChI is InChI=1S/C22H25N3O/c1-14(2)25-20-8-6-5-7-19(20)23-22(25)17-12-21(26)24(13-17)18-10-15(3)9-16(4)11-18/h5-11,14,17H,12-13H2,1-4H3. The second kappa shape index (κ2) is 6.27. The minimum atomic E-state index is 0.123. The largest absolute Gasteiger partial charge is 0.325 e. The predicted octanol–water partition coefficient (Wildman–Crippen LogP) is 4.75. The molecule has 1 saturated heterocycles. The molecule has 0 aliphatic carbocycles. The second-order valence-corrected chi connectivity index (χ2v) is 7.67. The van der Waals surface area contributed by atoms with Gasteiger partial charge in [-0.3, -0.25) is 4.79 Å². The monoisotopic (exact) mass is 347 g/mol. The number of carbonyl (C=O) groups is 1. The lowest BCUT2D eigenvalue weighted by atomic mass is 10.1. The zero-order chi connectivity index (χ0) is 18.4. The van der Waals surface area contributed by atoms with E-state index in [0.29, 0.717) is 19.0 Å². The van der Waals surface area contributed by atoms with Crippen molar-refractivity contribution in [1.82, 2.24) is 9.55 Å². The number of carbonyl (C=O) groups excluding carboxylic acids is 1. The van der Waals surface area contributed by atoms with Crippen LogP contribution in [0.2, 0.25) is 0 Å².